The highest BCUT2D eigenvalue weighted by Gasteiger charge is 2.33. The minimum absolute atomic E-state index is 0.0920. The third-order valence-electron chi connectivity index (χ3n) is 3.54. The quantitative estimate of drug-likeness (QED) is 0.607. The Morgan fingerprint density at radius 1 is 1.05 bits per heavy atom. The van der Waals surface area contributed by atoms with Crippen molar-refractivity contribution in [1.29, 1.82) is 0 Å². The van der Waals surface area contributed by atoms with Gasteiger partial charge in [-0.2, -0.15) is 0 Å². The van der Waals surface area contributed by atoms with Crippen LogP contribution in [0.1, 0.15) is 58.2 Å². The van der Waals surface area contributed by atoms with Gasteiger partial charge in [-0.3, -0.25) is 0 Å². The molecule has 0 saturated heterocycles. The Morgan fingerprint density at radius 3 is 2.10 bits per heavy atom. The maximum atomic E-state index is 14.8. The summed E-state index contributed by atoms with van der Waals surface area (Å²) in [6.45, 7) is 14.7. The molecule has 0 saturated carbocycles. The van der Waals surface area contributed by atoms with Crippen molar-refractivity contribution in [2.24, 2.45) is 0 Å². The first kappa shape index (κ1) is 15.7. The lowest BCUT2D eigenvalue weighted by molar-refractivity contribution is 0.269. The molecule has 0 amide bonds. The Labute approximate surface area is 122 Å². The van der Waals surface area contributed by atoms with Crippen molar-refractivity contribution in [1.82, 2.24) is 0 Å². The highest BCUT2D eigenvalue weighted by molar-refractivity contribution is 7.46. The molecule has 1 heterocycles. The van der Waals surface area contributed by atoms with Gasteiger partial charge in [-0.05, 0) is 22.5 Å². The molecule has 4 heteroatoms. The summed E-state index contributed by atoms with van der Waals surface area (Å²) < 4.78 is 26.2. The van der Waals surface area contributed by atoms with Gasteiger partial charge in [0.25, 0.3) is 0 Å². The largest absolute Gasteiger partial charge is 0.447 e. The summed E-state index contributed by atoms with van der Waals surface area (Å²) in [4.78, 5) is 0. The molecule has 0 aromatic heterocycles. The monoisotopic (exact) mass is 298 g/mol. The van der Waals surface area contributed by atoms with E-state index >= 15 is 0 Å². The van der Waals surface area contributed by atoms with Crippen LogP contribution in [0.15, 0.2) is 6.07 Å². The fraction of sp³-hybridized carbons (Fsp3) is 0.625. The molecule has 1 aliphatic heterocycles. The molecule has 1 aliphatic rings. The molecule has 1 aromatic rings. The van der Waals surface area contributed by atoms with Crippen LogP contribution in [0.4, 0.5) is 4.39 Å². The van der Waals surface area contributed by atoms with Crippen LogP contribution in [0.5, 0.6) is 5.75 Å². The summed E-state index contributed by atoms with van der Waals surface area (Å²) >= 11 is 0. The SMILES string of the molecule is CP1OCc2c(F)c(C(C)(C)C)cc(C(C)(C)C)c2O1. The Kier molecular flexibility index (Phi) is 3.90. The second-order valence-electron chi connectivity index (χ2n) is 7.40. The van der Waals surface area contributed by atoms with E-state index in [1.807, 2.05) is 33.5 Å². The molecule has 112 valence electrons. The topological polar surface area (TPSA) is 18.5 Å². The number of hydrogen-bond acceptors (Lipinski definition) is 2. The first-order chi connectivity index (χ1) is 9.01. The standard InChI is InChI=1S/C16H24FO2P/c1-15(2,3)11-8-12(16(4,5)6)14-10(13(11)17)9-18-20(7)19-14/h8H,9H2,1-7H3. The van der Waals surface area contributed by atoms with Crippen LogP contribution in [0.2, 0.25) is 0 Å². The molecule has 1 unspecified atom stereocenters. The van der Waals surface area contributed by atoms with Crippen LogP contribution in [0.25, 0.3) is 0 Å². The molecule has 0 fully saturated rings. The summed E-state index contributed by atoms with van der Waals surface area (Å²) in [5.74, 6) is 0.520. The van der Waals surface area contributed by atoms with E-state index in [4.69, 9.17) is 9.05 Å². The third kappa shape index (κ3) is 2.84. The van der Waals surface area contributed by atoms with Crippen molar-refractivity contribution in [2.75, 3.05) is 6.66 Å². The maximum absolute atomic E-state index is 14.8. The van der Waals surface area contributed by atoms with Gasteiger partial charge >= 0.3 is 0 Å². The summed E-state index contributed by atoms with van der Waals surface area (Å²) in [5.41, 5.74) is 2.04. The molecule has 1 aromatic carbocycles. The normalized spacial score (nSPS) is 19.5. The van der Waals surface area contributed by atoms with Crippen molar-refractivity contribution in [3.8, 4) is 5.75 Å². The summed E-state index contributed by atoms with van der Waals surface area (Å²) in [6.07, 6.45) is 0. The molecule has 0 spiro atoms. The van der Waals surface area contributed by atoms with Crippen LogP contribution >= 0.6 is 8.38 Å². The fourth-order valence-electron chi connectivity index (χ4n) is 2.34. The Morgan fingerprint density at radius 2 is 1.60 bits per heavy atom. The molecule has 20 heavy (non-hydrogen) atoms. The van der Waals surface area contributed by atoms with Crippen molar-refractivity contribution in [2.45, 2.75) is 59.0 Å². The first-order valence-corrected chi connectivity index (χ1v) is 8.55. The molecule has 0 bridgehead atoms. The van der Waals surface area contributed by atoms with Crippen molar-refractivity contribution in [3.63, 3.8) is 0 Å². The van der Waals surface area contributed by atoms with Crippen molar-refractivity contribution in [3.05, 3.63) is 28.6 Å². The van der Waals surface area contributed by atoms with Gasteiger partial charge in [-0.1, -0.05) is 41.5 Å². The van der Waals surface area contributed by atoms with Gasteiger partial charge in [0.1, 0.15) is 11.6 Å². The van der Waals surface area contributed by atoms with Crippen molar-refractivity contribution >= 4 is 8.38 Å². The molecular weight excluding hydrogens is 274 g/mol. The van der Waals surface area contributed by atoms with Gasteiger partial charge in [-0.15, -0.1) is 0 Å². The predicted molar refractivity (Wildman–Crippen MR) is 82.1 cm³/mol. The molecule has 1 atom stereocenters. The zero-order valence-corrected chi connectivity index (χ0v) is 14.3. The average Bonchev–Trinajstić information content (AvgIpc) is 2.25. The highest BCUT2D eigenvalue weighted by Crippen LogP contribution is 2.50. The van der Waals surface area contributed by atoms with E-state index in [2.05, 4.69) is 20.8 Å². The van der Waals surface area contributed by atoms with E-state index in [0.717, 1.165) is 11.1 Å². The van der Waals surface area contributed by atoms with Gasteiger partial charge < -0.3 is 9.05 Å². The number of rotatable bonds is 0. The Hall–Kier alpha value is -0.660. The number of fused-ring (bicyclic) bond motifs is 1. The van der Waals surface area contributed by atoms with Crippen LogP contribution in [-0.2, 0) is 22.0 Å². The van der Waals surface area contributed by atoms with Gasteiger partial charge in [0, 0.05) is 12.2 Å². The zero-order valence-electron chi connectivity index (χ0n) is 13.4. The molecule has 2 nitrogen and oxygen atoms in total. The molecule has 0 radical (unpaired) electrons. The van der Waals surface area contributed by atoms with Gasteiger partial charge in [0.05, 0.1) is 12.2 Å². The van der Waals surface area contributed by atoms with E-state index in [1.165, 1.54) is 0 Å². The van der Waals surface area contributed by atoms with Crippen LogP contribution in [-0.4, -0.2) is 6.66 Å². The van der Waals surface area contributed by atoms with Crippen LogP contribution in [0, 0.1) is 5.82 Å². The van der Waals surface area contributed by atoms with Crippen molar-refractivity contribution < 1.29 is 13.4 Å². The summed E-state index contributed by atoms with van der Waals surface area (Å²) in [6, 6.07) is 1.97. The Balaban J connectivity index is 2.74. The van der Waals surface area contributed by atoms with Gasteiger partial charge in [-0.25, -0.2) is 4.39 Å². The molecule has 2 rings (SSSR count). The Bertz CT molecular complexity index is 527. The number of hydrogen-bond donors (Lipinski definition) is 0. The lowest BCUT2D eigenvalue weighted by Crippen LogP contribution is -2.22. The van der Waals surface area contributed by atoms with Crippen LogP contribution < -0.4 is 4.52 Å². The van der Waals surface area contributed by atoms with E-state index in [9.17, 15) is 4.39 Å². The molecular formula is C16H24FO2P. The van der Waals surface area contributed by atoms with E-state index in [-0.39, 0.29) is 16.6 Å². The van der Waals surface area contributed by atoms with Gasteiger partial charge in [0.2, 0.25) is 8.38 Å². The van der Waals surface area contributed by atoms with E-state index < -0.39 is 8.38 Å². The average molecular weight is 298 g/mol. The maximum Gasteiger partial charge on any atom is 0.227 e. The first-order valence-electron chi connectivity index (χ1n) is 6.93. The lowest BCUT2D eigenvalue weighted by atomic mass is 9.78. The third-order valence-corrected chi connectivity index (χ3v) is 4.47. The van der Waals surface area contributed by atoms with Gasteiger partial charge in [0.15, 0.2) is 0 Å². The fourth-order valence-corrected chi connectivity index (χ4v) is 3.17. The summed E-state index contributed by atoms with van der Waals surface area (Å²) in [7, 11) is -0.958. The van der Waals surface area contributed by atoms with E-state index in [1.54, 1.807) is 0 Å². The lowest BCUT2D eigenvalue weighted by Gasteiger charge is -2.33. The smallest absolute Gasteiger partial charge is 0.227 e. The second kappa shape index (κ2) is 4.96. The number of halogens is 1. The van der Waals surface area contributed by atoms with Crippen LogP contribution in [0.3, 0.4) is 0 Å². The number of benzene rings is 1. The minimum Gasteiger partial charge on any atom is -0.447 e. The summed E-state index contributed by atoms with van der Waals surface area (Å²) in [5, 5.41) is 0. The predicted octanol–water partition coefficient (Wildman–Crippen LogP) is 5.27. The highest BCUT2D eigenvalue weighted by atomic mass is 31.2. The van der Waals surface area contributed by atoms with E-state index in [0.29, 0.717) is 17.9 Å². The molecule has 0 N–H and O–H groups in total. The zero-order chi connectivity index (χ0) is 15.3. The second-order valence-corrected chi connectivity index (χ2v) is 8.72. The molecule has 0 aliphatic carbocycles. The minimum atomic E-state index is -0.958.